The second kappa shape index (κ2) is 5.63. The van der Waals surface area contributed by atoms with E-state index >= 15 is 0 Å². The maximum atomic E-state index is 10.9. The number of ether oxygens (including phenoxy) is 1. The topological polar surface area (TPSA) is 105 Å². The lowest BCUT2D eigenvalue weighted by Crippen LogP contribution is -2.46. The zero-order valence-corrected chi connectivity index (χ0v) is 12.6. The number of carbonyl (C=O) groups is 1. The Labute approximate surface area is 124 Å². The first kappa shape index (κ1) is 14.5. The van der Waals surface area contributed by atoms with E-state index in [-0.39, 0.29) is 0 Å². The van der Waals surface area contributed by atoms with E-state index in [1.54, 1.807) is 6.20 Å². The second-order valence-electron chi connectivity index (χ2n) is 4.84. The quantitative estimate of drug-likeness (QED) is 0.876. The SMILES string of the molecule is CC1(OC(N)=O)CCN(c2ncc(Br)c(C#N)n2)CC1. The lowest BCUT2D eigenvalue weighted by atomic mass is 9.93. The molecule has 1 aliphatic rings. The second-order valence-corrected chi connectivity index (χ2v) is 5.69. The van der Waals surface area contributed by atoms with E-state index in [1.807, 2.05) is 17.9 Å². The molecular weight excluding hydrogens is 326 g/mol. The molecular formula is C12H14BrN5O2. The van der Waals surface area contributed by atoms with Gasteiger partial charge in [0.2, 0.25) is 5.95 Å². The fourth-order valence-corrected chi connectivity index (χ4v) is 2.39. The van der Waals surface area contributed by atoms with Crippen LogP contribution in [0.25, 0.3) is 0 Å². The summed E-state index contributed by atoms with van der Waals surface area (Å²) < 4.78 is 5.71. The maximum absolute atomic E-state index is 10.9. The molecule has 1 aliphatic heterocycles. The molecule has 20 heavy (non-hydrogen) atoms. The van der Waals surface area contributed by atoms with Gasteiger partial charge in [0.1, 0.15) is 11.7 Å². The Morgan fingerprint density at radius 2 is 2.25 bits per heavy atom. The number of piperidine rings is 1. The summed E-state index contributed by atoms with van der Waals surface area (Å²) in [5.74, 6) is 0.505. The molecule has 0 spiro atoms. The van der Waals surface area contributed by atoms with Gasteiger partial charge in [-0.1, -0.05) is 0 Å². The average Bonchev–Trinajstić information content (AvgIpc) is 2.39. The molecule has 0 radical (unpaired) electrons. The Hall–Kier alpha value is -1.88. The van der Waals surface area contributed by atoms with Crippen LogP contribution in [0.5, 0.6) is 0 Å². The van der Waals surface area contributed by atoms with Crippen LogP contribution in [-0.2, 0) is 4.74 Å². The molecule has 0 unspecified atom stereocenters. The van der Waals surface area contributed by atoms with Crippen LogP contribution in [0.15, 0.2) is 10.7 Å². The summed E-state index contributed by atoms with van der Waals surface area (Å²) >= 11 is 3.22. The van der Waals surface area contributed by atoms with E-state index in [9.17, 15) is 4.79 Å². The highest BCUT2D eigenvalue weighted by Gasteiger charge is 2.34. The van der Waals surface area contributed by atoms with Crippen molar-refractivity contribution < 1.29 is 9.53 Å². The molecule has 106 valence electrons. The smallest absolute Gasteiger partial charge is 0.405 e. The van der Waals surface area contributed by atoms with Gasteiger partial charge in [-0.3, -0.25) is 0 Å². The van der Waals surface area contributed by atoms with Gasteiger partial charge in [-0.25, -0.2) is 14.8 Å². The Morgan fingerprint density at radius 3 is 2.80 bits per heavy atom. The summed E-state index contributed by atoms with van der Waals surface area (Å²) in [4.78, 5) is 21.2. The molecule has 7 nitrogen and oxygen atoms in total. The first-order valence-corrected chi connectivity index (χ1v) is 6.89. The maximum Gasteiger partial charge on any atom is 0.405 e. The van der Waals surface area contributed by atoms with Crippen molar-refractivity contribution in [3.05, 3.63) is 16.4 Å². The van der Waals surface area contributed by atoms with Crippen molar-refractivity contribution >= 4 is 28.0 Å². The number of halogens is 1. The molecule has 1 amide bonds. The van der Waals surface area contributed by atoms with Crippen LogP contribution in [0, 0.1) is 11.3 Å². The van der Waals surface area contributed by atoms with Crippen LogP contribution >= 0.6 is 15.9 Å². The molecule has 0 aliphatic carbocycles. The van der Waals surface area contributed by atoms with Crippen molar-refractivity contribution in [2.24, 2.45) is 5.73 Å². The highest BCUT2D eigenvalue weighted by Crippen LogP contribution is 2.28. The molecule has 1 aromatic rings. The first-order chi connectivity index (χ1) is 9.43. The van der Waals surface area contributed by atoms with Gasteiger partial charge >= 0.3 is 6.09 Å². The number of nitrogens with two attached hydrogens (primary N) is 1. The molecule has 2 N–H and O–H groups in total. The van der Waals surface area contributed by atoms with Crippen LogP contribution in [0.3, 0.4) is 0 Å². The van der Waals surface area contributed by atoms with Crippen molar-refractivity contribution in [3.8, 4) is 6.07 Å². The fraction of sp³-hybridized carbons (Fsp3) is 0.500. The van der Waals surface area contributed by atoms with Crippen LogP contribution in [-0.4, -0.2) is 34.8 Å². The summed E-state index contributed by atoms with van der Waals surface area (Å²) in [7, 11) is 0. The predicted molar refractivity (Wildman–Crippen MR) is 75.0 cm³/mol. The number of anilines is 1. The fourth-order valence-electron chi connectivity index (χ4n) is 2.11. The van der Waals surface area contributed by atoms with Crippen molar-refractivity contribution in [3.63, 3.8) is 0 Å². The Morgan fingerprint density at radius 1 is 1.60 bits per heavy atom. The third-order valence-corrected chi connectivity index (χ3v) is 3.87. The van der Waals surface area contributed by atoms with Gasteiger partial charge in [-0.15, -0.1) is 0 Å². The number of primary amides is 1. The van der Waals surface area contributed by atoms with Crippen LogP contribution < -0.4 is 10.6 Å². The summed E-state index contributed by atoms with van der Waals surface area (Å²) in [5.41, 5.74) is 4.82. The number of nitrogens with zero attached hydrogens (tertiary/aromatic N) is 4. The largest absolute Gasteiger partial charge is 0.443 e. The monoisotopic (exact) mass is 339 g/mol. The number of rotatable bonds is 2. The molecule has 0 aromatic carbocycles. The number of hydrogen-bond acceptors (Lipinski definition) is 6. The van der Waals surface area contributed by atoms with Gasteiger partial charge in [0, 0.05) is 32.1 Å². The van der Waals surface area contributed by atoms with E-state index in [0.717, 1.165) is 0 Å². The van der Waals surface area contributed by atoms with Crippen molar-refractivity contribution in [1.82, 2.24) is 9.97 Å². The number of nitriles is 1. The Bertz CT molecular complexity index is 563. The molecule has 8 heteroatoms. The van der Waals surface area contributed by atoms with Gasteiger partial charge in [0.25, 0.3) is 0 Å². The van der Waals surface area contributed by atoms with Gasteiger partial charge in [0.05, 0.1) is 4.47 Å². The lowest BCUT2D eigenvalue weighted by molar-refractivity contribution is 0.0125. The highest BCUT2D eigenvalue weighted by atomic mass is 79.9. The molecule has 0 saturated carbocycles. The van der Waals surface area contributed by atoms with Crippen LogP contribution in [0.2, 0.25) is 0 Å². The van der Waals surface area contributed by atoms with Crippen molar-refractivity contribution in [2.45, 2.75) is 25.4 Å². The lowest BCUT2D eigenvalue weighted by Gasteiger charge is -2.38. The standard InChI is InChI=1S/C12H14BrN5O2/c1-12(20-10(15)19)2-4-18(5-3-12)11-16-7-8(13)9(6-14)17-11/h7H,2-5H2,1H3,(H2,15,19). The molecule has 0 bridgehead atoms. The summed E-state index contributed by atoms with van der Waals surface area (Å²) in [5, 5.41) is 8.96. The van der Waals surface area contributed by atoms with Gasteiger partial charge < -0.3 is 15.4 Å². The third kappa shape index (κ3) is 3.17. The minimum atomic E-state index is -0.757. The number of carbonyl (C=O) groups excluding carboxylic acids is 1. The van der Waals surface area contributed by atoms with E-state index in [2.05, 4.69) is 25.9 Å². The van der Waals surface area contributed by atoms with Crippen LogP contribution in [0.4, 0.5) is 10.7 Å². The zero-order chi connectivity index (χ0) is 14.8. The van der Waals surface area contributed by atoms with Gasteiger partial charge in [-0.2, -0.15) is 5.26 Å². The molecule has 0 atom stereocenters. The van der Waals surface area contributed by atoms with E-state index < -0.39 is 11.7 Å². The molecule has 1 aromatic heterocycles. The van der Waals surface area contributed by atoms with Crippen LogP contribution in [0.1, 0.15) is 25.5 Å². The minimum absolute atomic E-state index is 0.303. The third-order valence-electron chi connectivity index (χ3n) is 3.29. The van der Waals surface area contributed by atoms with Gasteiger partial charge in [-0.05, 0) is 22.9 Å². The molecule has 2 rings (SSSR count). The van der Waals surface area contributed by atoms with E-state index in [4.69, 9.17) is 15.7 Å². The van der Waals surface area contributed by atoms with Crippen molar-refractivity contribution in [1.29, 1.82) is 5.26 Å². The Kier molecular flexibility index (Phi) is 4.09. The highest BCUT2D eigenvalue weighted by molar-refractivity contribution is 9.10. The first-order valence-electron chi connectivity index (χ1n) is 6.09. The van der Waals surface area contributed by atoms with E-state index in [0.29, 0.717) is 42.0 Å². The zero-order valence-electron chi connectivity index (χ0n) is 11.0. The summed E-state index contributed by atoms with van der Waals surface area (Å²) in [6.45, 7) is 3.13. The minimum Gasteiger partial charge on any atom is -0.443 e. The summed E-state index contributed by atoms with van der Waals surface area (Å²) in [6, 6.07) is 2.01. The number of amides is 1. The number of hydrogen-bond donors (Lipinski definition) is 1. The van der Waals surface area contributed by atoms with Gasteiger partial charge in [0.15, 0.2) is 5.69 Å². The molecule has 1 fully saturated rings. The molecule has 1 saturated heterocycles. The predicted octanol–water partition coefficient (Wildman–Crippen LogP) is 1.56. The Balaban J connectivity index is 2.08. The normalized spacial score (nSPS) is 17.4. The number of aromatic nitrogens is 2. The van der Waals surface area contributed by atoms with Crippen molar-refractivity contribution in [2.75, 3.05) is 18.0 Å². The molecule has 2 heterocycles. The average molecular weight is 340 g/mol. The summed E-state index contributed by atoms with van der Waals surface area (Å²) in [6.07, 6.45) is 2.08. The van der Waals surface area contributed by atoms with E-state index in [1.165, 1.54) is 0 Å².